The van der Waals surface area contributed by atoms with Gasteiger partial charge in [0.05, 0.1) is 0 Å². The van der Waals surface area contributed by atoms with Crippen LogP contribution in [0.4, 0.5) is 4.79 Å². The number of fused-ring (bicyclic) bond motifs is 3. The number of carbonyl (C=O) groups is 1. The average Bonchev–Trinajstić information content (AvgIpc) is 2.45. The third kappa shape index (κ3) is 4.71. The van der Waals surface area contributed by atoms with E-state index in [4.69, 9.17) is 0 Å². The monoisotopic (exact) mass is 308 g/mol. The summed E-state index contributed by atoms with van der Waals surface area (Å²) in [5.41, 5.74) is 0. The topological polar surface area (TPSA) is 47.6 Å². The molecule has 1 unspecified atom stereocenters. The van der Waals surface area contributed by atoms with E-state index in [0.717, 1.165) is 31.5 Å². The van der Waals surface area contributed by atoms with Crippen molar-refractivity contribution in [1.29, 1.82) is 0 Å². The predicted molar refractivity (Wildman–Crippen MR) is 90.9 cm³/mol. The summed E-state index contributed by atoms with van der Waals surface area (Å²) < 4.78 is 0. The molecule has 2 bridgehead atoms. The van der Waals surface area contributed by atoms with Crippen molar-refractivity contribution in [3.63, 3.8) is 0 Å². The van der Waals surface area contributed by atoms with Crippen molar-refractivity contribution in [2.75, 3.05) is 39.8 Å². The van der Waals surface area contributed by atoms with Crippen molar-refractivity contribution in [1.82, 2.24) is 20.4 Å². The summed E-state index contributed by atoms with van der Waals surface area (Å²) in [4.78, 5) is 16.7. The molecule has 0 radical (unpaired) electrons. The number of rotatable bonds is 7. The number of nitrogens with one attached hydrogen (secondary N) is 2. The normalized spacial score (nSPS) is 30.6. The smallest absolute Gasteiger partial charge is 0.315 e. The van der Waals surface area contributed by atoms with Crippen molar-refractivity contribution < 1.29 is 4.79 Å². The molecule has 5 nitrogen and oxygen atoms in total. The molecular weight excluding hydrogens is 276 g/mol. The molecule has 22 heavy (non-hydrogen) atoms. The minimum atomic E-state index is -0.0417. The van der Waals surface area contributed by atoms with Gasteiger partial charge in [0.15, 0.2) is 0 Å². The van der Waals surface area contributed by atoms with Crippen molar-refractivity contribution in [2.24, 2.45) is 11.8 Å². The second-order valence-corrected chi connectivity index (χ2v) is 7.21. The van der Waals surface area contributed by atoms with Crippen LogP contribution in [0.5, 0.6) is 0 Å². The molecule has 3 aliphatic heterocycles. The van der Waals surface area contributed by atoms with E-state index >= 15 is 0 Å². The summed E-state index contributed by atoms with van der Waals surface area (Å²) in [7, 11) is 2.18. The van der Waals surface area contributed by atoms with Gasteiger partial charge in [-0.05, 0) is 52.1 Å². The van der Waals surface area contributed by atoms with Crippen LogP contribution in [0.25, 0.3) is 0 Å². The number of amides is 2. The predicted octanol–water partition coefficient (Wildman–Crippen LogP) is 1.52. The maximum atomic E-state index is 11.7. The van der Waals surface area contributed by atoms with Gasteiger partial charge in [0.25, 0.3) is 0 Å². The van der Waals surface area contributed by atoms with Crippen LogP contribution >= 0.6 is 0 Å². The zero-order chi connectivity index (χ0) is 16.1. The first-order valence-electron chi connectivity index (χ1n) is 8.57. The van der Waals surface area contributed by atoms with Crippen LogP contribution in [0.2, 0.25) is 0 Å². The third-order valence-corrected chi connectivity index (χ3v) is 4.92. The van der Waals surface area contributed by atoms with Gasteiger partial charge in [-0.15, -0.1) is 6.58 Å². The lowest BCUT2D eigenvalue weighted by Crippen LogP contribution is -2.58. The van der Waals surface area contributed by atoms with E-state index in [2.05, 4.69) is 34.1 Å². The highest BCUT2D eigenvalue weighted by Gasteiger charge is 2.40. The molecule has 4 atom stereocenters. The highest BCUT2D eigenvalue weighted by atomic mass is 16.2. The molecule has 0 aromatic heterocycles. The fourth-order valence-electron chi connectivity index (χ4n) is 3.89. The van der Waals surface area contributed by atoms with E-state index in [-0.39, 0.29) is 12.1 Å². The largest absolute Gasteiger partial charge is 0.337 e. The average molecular weight is 308 g/mol. The molecule has 2 N–H and O–H groups in total. The summed E-state index contributed by atoms with van der Waals surface area (Å²) in [6.45, 7) is 13.0. The maximum Gasteiger partial charge on any atom is 0.315 e. The van der Waals surface area contributed by atoms with Crippen molar-refractivity contribution in [3.05, 3.63) is 12.7 Å². The SMILES string of the molecule is C=CCN(C)C[C@H]1CN2CC[C@H]1C[C@@H]2CNC(=O)NC(C)C. The van der Waals surface area contributed by atoms with E-state index in [0.29, 0.717) is 6.04 Å². The number of nitrogens with zero attached hydrogens (tertiary/aromatic N) is 2. The number of hydrogen-bond acceptors (Lipinski definition) is 3. The first-order valence-corrected chi connectivity index (χ1v) is 8.57. The molecule has 0 spiro atoms. The number of hydrogen-bond donors (Lipinski definition) is 2. The quantitative estimate of drug-likeness (QED) is 0.701. The molecule has 5 heteroatoms. The summed E-state index contributed by atoms with van der Waals surface area (Å²) in [5, 5.41) is 5.92. The van der Waals surface area contributed by atoms with E-state index in [1.54, 1.807) is 0 Å². The van der Waals surface area contributed by atoms with E-state index in [9.17, 15) is 4.79 Å². The van der Waals surface area contributed by atoms with Gasteiger partial charge in [0.1, 0.15) is 0 Å². The van der Waals surface area contributed by atoms with Crippen molar-refractivity contribution in [2.45, 2.75) is 38.8 Å². The Balaban J connectivity index is 1.77. The fraction of sp³-hybridized carbons (Fsp3) is 0.824. The molecule has 3 fully saturated rings. The van der Waals surface area contributed by atoms with Crippen LogP contribution < -0.4 is 10.6 Å². The van der Waals surface area contributed by atoms with Crippen LogP contribution in [0, 0.1) is 11.8 Å². The van der Waals surface area contributed by atoms with E-state index in [1.165, 1.54) is 25.9 Å². The van der Waals surface area contributed by atoms with E-state index in [1.807, 2.05) is 19.9 Å². The van der Waals surface area contributed by atoms with Crippen LogP contribution in [-0.4, -0.2) is 67.7 Å². The maximum absolute atomic E-state index is 11.7. The standard InChI is InChI=1S/C17H32N4O/c1-5-7-20(4)11-15-12-21-8-6-14(15)9-16(21)10-18-17(22)19-13(2)3/h5,13-16H,1,6-12H2,2-4H3,(H2,18,19,22)/t14-,15-,16+/m0/s1. The second kappa shape index (κ2) is 7.97. The van der Waals surface area contributed by atoms with Crippen molar-refractivity contribution >= 4 is 6.03 Å². The molecular formula is C17H32N4O. The molecule has 0 saturated carbocycles. The lowest BCUT2D eigenvalue weighted by molar-refractivity contribution is -0.00722. The lowest BCUT2D eigenvalue weighted by atomic mass is 9.75. The third-order valence-electron chi connectivity index (χ3n) is 4.92. The molecule has 0 aromatic rings. The van der Waals surface area contributed by atoms with Gasteiger partial charge in [-0.25, -0.2) is 4.79 Å². The lowest BCUT2D eigenvalue weighted by Gasteiger charge is -2.50. The Morgan fingerprint density at radius 2 is 2.27 bits per heavy atom. The Morgan fingerprint density at radius 3 is 2.86 bits per heavy atom. The van der Waals surface area contributed by atoms with Crippen LogP contribution in [0.1, 0.15) is 26.7 Å². The Bertz CT molecular complexity index is 385. The molecule has 3 aliphatic rings. The van der Waals surface area contributed by atoms with Gasteiger partial charge in [-0.1, -0.05) is 6.08 Å². The van der Waals surface area contributed by atoms with Crippen molar-refractivity contribution in [3.8, 4) is 0 Å². The first-order chi connectivity index (χ1) is 10.5. The molecule has 3 saturated heterocycles. The van der Waals surface area contributed by atoms with Crippen LogP contribution in [-0.2, 0) is 0 Å². The molecule has 3 rings (SSSR count). The van der Waals surface area contributed by atoms with Gasteiger partial charge in [-0.2, -0.15) is 0 Å². The van der Waals surface area contributed by atoms with Gasteiger partial charge in [0, 0.05) is 38.3 Å². The molecule has 2 amide bonds. The second-order valence-electron chi connectivity index (χ2n) is 7.21. The first kappa shape index (κ1) is 17.3. The van der Waals surface area contributed by atoms with E-state index < -0.39 is 0 Å². The van der Waals surface area contributed by atoms with Gasteiger partial charge in [0.2, 0.25) is 0 Å². The van der Waals surface area contributed by atoms with Crippen LogP contribution in [0.15, 0.2) is 12.7 Å². The Labute approximate surface area is 135 Å². The summed E-state index contributed by atoms with van der Waals surface area (Å²) in [6, 6.07) is 0.658. The van der Waals surface area contributed by atoms with Gasteiger partial charge >= 0.3 is 6.03 Å². The Hall–Kier alpha value is -1.07. The zero-order valence-corrected chi connectivity index (χ0v) is 14.3. The minimum absolute atomic E-state index is 0.0417. The van der Waals surface area contributed by atoms with Gasteiger partial charge in [-0.3, -0.25) is 4.90 Å². The van der Waals surface area contributed by atoms with Gasteiger partial charge < -0.3 is 15.5 Å². The number of carbonyl (C=O) groups excluding carboxylic acids is 1. The molecule has 126 valence electrons. The number of urea groups is 1. The highest BCUT2D eigenvalue weighted by molar-refractivity contribution is 5.74. The number of piperidine rings is 3. The molecule has 0 aromatic carbocycles. The minimum Gasteiger partial charge on any atom is -0.337 e. The van der Waals surface area contributed by atoms with Crippen LogP contribution in [0.3, 0.4) is 0 Å². The highest BCUT2D eigenvalue weighted by Crippen LogP contribution is 2.36. The molecule has 0 aliphatic carbocycles. The fourth-order valence-corrected chi connectivity index (χ4v) is 3.89. The zero-order valence-electron chi connectivity index (χ0n) is 14.3. The molecule has 3 heterocycles. The summed E-state index contributed by atoms with van der Waals surface area (Å²) in [6.07, 6.45) is 4.50. The Morgan fingerprint density at radius 1 is 1.50 bits per heavy atom. The summed E-state index contributed by atoms with van der Waals surface area (Å²) >= 11 is 0. The Kier molecular flexibility index (Phi) is 6.26. The number of likely N-dealkylation sites (N-methyl/N-ethyl adjacent to an activating group) is 1. The summed E-state index contributed by atoms with van der Waals surface area (Å²) in [5.74, 6) is 1.57.